The summed E-state index contributed by atoms with van der Waals surface area (Å²) >= 11 is 0. The summed E-state index contributed by atoms with van der Waals surface area (Å²) in [7, 11) is 2.08. The van der Waals surface area contributed by atoms with Crippen LogP contribution in [0.4, 0.5) is 5.69 Å². The van der Waals surface area contributed by atoms with Crippen LogP contribution in [-0.4, -0.2) is 58.0 Å². The van der Waals surface area contributed by atoms with Crippen molar-refractivity contribution in [3.05, 3.63) is 59.9 Å². The molecule has 1 amide bonds. The van der Waals surface area contributed by atoms with Gasteiger partial charge in [-0.2, -0.15) is 0 Å². The Bertz CT molecular complexity index is 990. The summed E-state index contributed by atoms with van der Waals surface area (Å²) in [4.78, 5) is 21.6. The van der Waals surface area contributed by atoms with Crippen molar-refractivity contribution in [1.29, 1.82) is 0 Å². The lowest BCUT2D eigenvalue weighted by Crippen LogP contribution is -2.46. The molecular weight excluding hydrogens is 374 g/mol. The first-order valence-corrected chi connectivity index (χ1v) is 10.9. The van der Waals surface area contributed by atoms with Gasteiger partial charge in [0.15, 0.2) is 0 Å². The van der Waals surface area contributed by atoms with Crippen LogP contribution in [0.15, 0.2) is 48.5 Å². The van der Waals surface area contributed by atoms with E-state index >= 15 is 0 Å². The maximum absolute atomic E-state index is 11.6. The minimum Gasteiger partial charge on any atom is -0.331 e. The number of nitrogens with one attached hydrogen (secondary N) is 1. The molecular formula is C24H31N5O. The average Bonchev–Trinajstić information content (AvgIpc) is 3.09. The quantitative estimate of drug-likeness (QED) is 0.655. The number of carbonyl (C=O) groups excluding carboxylic acids is 1. The van der Waals surface area contributed by atoms with Gasteiger partial charge in [-0.15, -0.1) is 0 Å². The van der Waals surface area contributed by atoms with Crippen molar-refractivity contribution in [1.82, 2.24) is 19.4 Å². The third-order valence-electron chi connectivity index (χ3n) is 5.94. The molecule has 2 aromatic carbocycles. The lowest BCUT2D eigenvalue weighted by Gasteiger charge is -2.34. The van der Waals surface area contributed by atoms with E-state index in [1.807, 2.05) is 25.1 Å². The monoisotopic (exact) mass is 405 g/mol. The van der Waals surface area contributed by atoms with E-state index in [2.05, 4.69) is 57.1 Å². The second kappa shape index (κ2) is 9.41. The van der Waals surface area contributed by atoms with Crippen molar-refractivity contribution in [2.24, 2.45) is 7.05 Å². The molecule has 0 saturated carbocycles. The summed E-state index contributed by atoms with van der Waals surface area (Å²) in [6.07, 6.45) is 1.41. The number of amides is 1. The molecule has 30 heavy (non-hydrogen) atoms. The molecule has 1 aliphatic rings. The molecule has 158 valence electrons. The lowest BCUT2D eigenvalue weighted by atomic mass is 10.2. The van der Waals surface area contributed by atoms with Crippen LogP contribution in [0.3, 0.4) is 0 Å². The third kappa shape index (κ3) is 4.89. The van der Waals surface area contributed by atoms with Crippen LogP contribution in [0.2, 0.25) is 0 Å². The number of carbonyl (C=O) groups is 1. The van der Waals surface area contributed by atoms with E-state index < -0.39 is 0 Å². The van der Waals surface area contributed by atoms with E-state index in [0.717, 1.165) is 68.2 Å². The van der Waals surface area contributed by atoms with Gasteiger partial charge in [0, 0.05) is 64.8 Å². The van der Waals surface area contributed by atoms with Crippen LogP contribution in [0, 0.1) is 0 Å². The smallest absolute Gasteiger partial charge is 0.224 e. The van der Waals surface area contributed by atoms with Gasteiger partial charge in [-0.3, -0.25) is 9.69 Å². The highest BCUT2D eigenvalue weighted by Crippen LogP contribution is 2.20. The number of rotatable bonds is 7. The molecule has 0 bridgehead atoms. The number of imidazole rings is 1. The fraction of sp³-hybridized carbons (Fsp3) is 0.417. The molecule has 0 radical (unpaired) electrons. The van der Waals surface area contributed by atoms with Gasteiger partial charge in [-0.1, -0.05) is 37.3 Å². The van der Waals surface area contributed by atoms with Crippen molar-refractivity contribution in [3.8, 4) is 0 Å². The van der Waals surface area contributed by atoms with Crippen LogP contribution < -0.4 is 5.32 Å². The van der Waals surface area contributed by atoms with Crippen LogP contribution in [0.1, 0.15) is 24.7 Å². The molecule has 0 atom stereocenters. The maximum atomic E-state index is 11.6. The van der Waals surface area contributed by atoms with E-state index in [9.17, 15) is 4.79 Å². The van der Waals surface area contributed by atoms with Gasteiger partial charge in [0.05, 0.1) is 11.0 Å². The van der Waals surface area contributed by atoms with Gasteiger partial charge in [-0.25, -0.2) is 4.98 Å². The maximum Gasteiger partial charge on any atom is 0.224 e. The predicted molar refractivity (Wildman–Crippen MR) is 121 cm³/mol. The van der Waals surface area contributed by atoms with Crippen LogP contribution in [0.5, 0.6) is 0 Å². The standard InChI is InChI=1S/C24H31N5O/c1-3-24(30)25-20-9-10-22-21(17-20)26-23(27(22)2)11-12-28-13-15-29(16-14-28)18-19-7-5-4-6-8-19/h4-10,17H,3,11-16,18H2,1-2H3,(H,25,30). The summed E-state index contributed by atoms with van der Waals surface area (Å²) in [5, 5.41) is 2.92. The number of benzene rings is 2. The molecule has 1 saturated heterocycles. The van der Waals surface area contributed by atoms with Crippen molar-refractivity contribution in [2.45, 2.75) is 26.3 Å². The molecule has 4 rings (SSSR count). The Kier molecular flexibility index (Phi) is 6.45. The molecule has 0 spiro atoms. The molecule has 1 fully saturated rings. The Hall–Kier alpha value is -2.70. The summed E-state index contributed by atoms with van der Waals surface area (Å²) in [6, 6.07) is 16.7. The third-order valence-corrected chi connectivity index (χ3v) is 5.94. The zero-order chi connectivity index (χ0) is 20.9. The minimum absolute atomic E-state index is 0.0249. The molecule has 0 unspecified atom stereocenters. The predicted octanol–water partition coefficient (Wildman–Crippen LogP) is 3.28. The lowest BCUT2D eigenvalue weighted by molar-refractivity contribution is -0.115. The highest BCUT2D eigenvalue weighted by Gasteiger charge is 2.18. The topological polar surface area (TPSA) is 53.4 Å². The van der Waals surface area contributed by atoms with E-state index in [4.69, 9.17) is 4.98 Å². The second-order valence-corrected chi connectivity index (χ2v) is 8.05. The Morgan fingerprint density at radius 2 is 1.77 bits per heavy atom. The van der Waals surface area contributed by atoms with Crippen molar-refractivity contribution in [2.75, 3.05) is 38.0 Å². The van der Waals surface area contributed by atoms with E-state index in [-0.39, 0.29) is 5.91 Å². The summed E-state index contributed by atoms with van der Waals surface area (Å²) in [5.74, 6) is 1.12. The van der Waals surface area contributed by atoms with Gasteiger partial charge in [0.2, 0.25) is 5.91 Å². The Morgan fingerprint density at radius 1 is 1.03 bits per heavy atom. The molecule has 1 N–H and O–H groups in total. The van der Waals surface area contributed by atoms with Crippen LogP contribution in [-0.2, 0) is 24.8 Å². The Balaban J connectivity index is 1.31. The number of piperazine rings is 1. The zero-order valence-electron chi connectivity index (χ0n) is 18.0. The summed E-state index contributed by atoms with van der Waals surface area (Å²) < 4.78 is 2.17. The first-order chi connectivity index (χ1) is 14.6. The minimum atomic E-state index is 0.0249. The Labute approximate surface area is 178 Å². The largest absolute Gasteiger partial charge is 0.331 e. The molecule has 3 aromatic rings. The van der Waals surface area contributed by atoms with Gasteiger partial charge < -0.3 is 14.8 Å². The average molecular weight is 406 g/mol. The highest BCUT2D eigenvalue weighted by atomic mass is 16.1. The second-order valence-electron chi connectivity index (χ2n) is 8.05. The highest BCUT2D eigenvalue weighted by molar-refractivity contribution is 5.92. The Morgan fingerprint density at radius 3 is 2.50 bits per heavy atom. The number of fused-ring (bicyclic) bond motifs is 1. The van der Waals surface area contributed by atoms with Crippen molar-refractivity contribution in [3.63, 3.8) is 0 Å². The SMILES string of the molecule is CCC(=O)Nc1ccc2c(c1)nc(CCN1CCN(Cc3ccccc3)CC1)n2C. The molecule has 2 heterocycles. The normalized spacial score (nSPS) is 15.5. The summed E-state index contributed by atoms with van der Waals surface area (Å²) in [5.41, 5.74) is 4.25. The van der Waals surface area contributed by atoms with E-state index in [0.29, 0.717) is 6.42 Å². The number of nitrogens with zero attached hydrogens (tertiary/aromatic N) is 4. The number of aryl methyl sites for hydroxylation is 1. The number of hydrogen-bond acceptors (Lipinski definition) is 4. The van der Waals surface area contributed by atoms with Gasteiger partial charge in [0.25, 0.3) is 0 Å². The van der Waals surface area contributed by atoms with E-state index in [1.54, 1.807) is 0 Å². The number of hydrogen-bond donors (Lipinski definition) is 1. The number of anilines is 1. The zero-order valence-corrected chi connectivity index (χ0v) is 18.0. The van der Waals surface area contributed by atoms with Gasteiger partial charge in [0.1, 0.15) is 5.82 Å². The van der Waals surface area contributed by atoms with E-state index in [1.165, 1.54) is 5.56 Å². The molecule has 1 aromatic heterocycles. The first kappa shape index (κ1) is 20.6. The first-order valence-electron chi connectivity index (χ1n) is 10.9. The molecule has 1 aliphatic heterocycles. The number of aromatic nitrogens is 2. The fourth-order valence-electron chi connectivity index (χ4n) is 4.07. The summed E-state index contributed by atoms with van der Waals surface area (Å²) in [6.45, 7) is 8.34. The van der Waals surface area contributed by atoms with Gasteiger partial charge >= 0.3 is 0 Å². The van der Waals surface area contributed by atoms with Gasteiger partial charge in [-0.05, 0) is 23.8 Å². The van der Waals surface area contributed by atoms with Crippen molar-refractivity contribution < 1.29 is 4.79 Å². The molecule has 6 heteroatoms. The van der Waals surface area contributed by atoms with Crippen LogP contribution in [0.25, 0.3) is 11.0 Å². The molecule has 0 aliphatic carbocycles. The van der Waals surface area contributed by atoms with Crippen LogP contribution >= 0.6 is 0 Å². The fourth-order valence-corrected chi connectivity index (χ4v) is 4.07. The molecule has 6 nitrogen and oxygen atoms in total. The van der Waals surface area contributed by atoms with Crippen molar-refractivity contribution >= 4 is 22.6 Å².